The van der Waals surface area contributed by atoms with Gasteiger partial charge in [-0.3, -0.25) is 0 Å². The van der Waals surface area contributed by atoms with E-state index >= 15 is 0 Å². The van der Waals surface area contributed by atoms with Crippen molar-refractivity contribution in [3.05, 3.63) is 0 Å². The Morgan fingerprint density at radius 1 is 2.33 bits per heavy atom. The van der Waals surface area contributed by atoms with Gasteiger partial charge in [0.15, 0.2) is 0 Å². The van der Waals surface area contributed by atoms with Crippen LogP contribution in [0.5, 0.6) is 0 Å². The Morgan fingerprint density at radius 2 is 3.00 bits per heavy atom. The third kappa shape index (κ3) is 2.18. The summed E-state index contributed by atoms with van der Waals surface area (Å²) >= 11 is 5.15. The minimum Gasteiger partial charge on any atom is -0.321 e. The maximum Gasteiger partial charge on any atom is 0.137 e. The van der Waals surface area contributed by atoms with Crippen molar-refractivity contribution in [2.75, 3.05) is 5.88 Å². The van der Waals surface area contributed by atoms with E-state index in [0.717, 1.165) is 0 Å². The highest BCUT2D eigenvalue weighted by Crippen LogP contribution is 1.74. The molecule has 0 aliphatic heterocycles. The summed E-state index contributed by atoms with van der Waals surface area (Å²) in [6.45, 7) is 0. The first kappa shape index (κ1) is 4.09. The molecule has 0 aromatic carbocycles. The Labute approximate surface area is 42.7 Å². The zero-order valence-electron chi connectivity index (χ0n) is 4.15. The second kappa shape index (κ2) is 3.12. The van der Waals surface area contributed by atoms with Gasteiger partial charge in [0.05, 0.1) is 6.04 Å². The Bertz CT molecular complexity index is 56.9. The van der Waals surface area contributed by atoms with Crippen molar-refractivity contribution in [1.29, 1.82) is 0 Å². The molecule has 0 aromatic heterocycles. The van der Waals surface area contributed by atoms with Crippen LogP contribution < -0.4 is 5.73 Å². The molecule has 0 amide bonds. The van der Waals surface area contributed by atoms with Gasteiger partial charge in [-0.15, -0.1) is 11.6 Å². The lowest BCUT2D eigenvalue weighted by molar-refractivity contribution is -0.108. The molecule has 0 aliphatic carbocycles. The average Bonchev–Trinajstić information content (AvgIpc) is 1.72. The summed E-state index contributed by atoms with van der Waals surface area (Å²) in [7, 11) is 0. The van der Waals surface area contributed by atoms with E-state index in [1.165, 1.54) is 0 Å². The third-order valence-electron chi connectivity index (χ3n) is 0.331. The highest BCUT2D eigenvalue weighted by Gasteiger charge is 1.91. The molecule has 0 spiro atoms. The number of carbonyl (C=O) groups is 1. The van der Waals surface area contributed by atoms with Gasteiger partial charge in [-0.05, 0) is 0 Å². The van der Waals surface area contributed by atoms with Crippen LogP contribution in [0, 0.1) is 0 Å². The Balaban J connectivity index is 3.16. The summed E-state index contributed by atoms with van der Waals surface area (Å²) < 4.78 is 6.39. The molecule has 0 saturated carbocycles. The second-order valence-electron chi connectivity index (χ2n) is 0.897. The summed E-state index contributed by atoms with van der Waals surface area (Å²) in [6.07, 6.45) is 0.597. The third-order valence-corrected chi connectivity index (χ3v) is 0.663. The summed E-state index contributed by atoms with van der Waals surface area (Å²) in [5, 5.41) is 0. The van der Waals surface area contributed by atoms with Crippen LogP contribution in [-0.4, -0.2) is 18.2 Å². The molecule has 0 fully saturated rings. The molecular weight excluding hydrogens is 101 g/mol. The van der Waals surface area contributed by atoms with Gasteiger partial charge in [0.1, 0.15) is 7.70 Å². The number of hydrogen-bond acceptors (Lipinski definition) is 2. The van der Waals surface area contributed by atoms with E-state index in [1.807, 2.05) is 5.73 Å². The number of nitrogens with two attached hydrogens (primary N) is 1. The zero-order chi connectivity index (χ0) is 5.70. The molecule has 0 bridgehead atoms. The SMILES string of the molecule is [2H]N[C@H](C=O)CCl. The van der Waals surface area contributed by atoms with Crippen LogP contribution in [0.3, 0.4) is 0 Å². The zero-order valence-corrected chi connectivity index (χ0v) is 3.90. The molecule has 0 aliphatic rings. The first-order chi connectivity index (χ1) is 3.35. The normalized spacial score (nSPS) is 15.8. The van der Waals surface area contributed by atoms with Gasteiger partial charge < -0.3 is 10.5 Å². The van der Waals surface area contributed by atoms with Crippen LogP contribution in [0.2, 0.25) is 1.41 Å². The maximum absolute atomic E-state index is 9.70. The summed E-state index contributed by atoms with van der Waals surface area (Å²) in [5.74, 6) is 0.160. The Hall–Kier alpha value is -0.0800. The number of hydrogen-bond donors (Lipinski definition) is 1. The predicted molar refractivity (Wildman–Crippen MR) is 24.8 cm³/mol. The molecule has 36 valence electrons. The maximum atomic E-state index is 9.70. The van der Waals surface area contributed by atoms with Crippen LogP contribution in [0.4, 0.5) is 0 Å². The minimum atomic E-state index is -0.512. The number of carbonyl (C=O) groups excluding carboxylic acids is 1. The van der Waals surface area contributed by atoms with E-state index in [1.54, 1.807) is 0 Å². The van der Waals surface area contributed by atoms with Gasteiger partial charge in [0, 0.05) is 5.88 Å². The Kier molecular flexibility index (Phi) is 2.13. The molecule has 2 nitrogen and oxygen atoms in total. The van der Waals surface area contributed by atoms with E-state index in [4.69, 9.17) is 13.0 Å². The van der Waals surface area contributed by atoms with Crippen LogP contribution in [0.1, 0.15) is 0 Å². The second-order valence-corrected chi connectivity index (χ2v) is 1.21. The molecular formula is C3H6ClNO. The van der Waals surface area contributed by atoms with E-state index < -0.39 is 6.04 Å². The highest BCUT2D eigenvalue weighted by molar-refractivity contribution is 6.19. The molecule has 0 radical (unpaired) electrons. The molecule has 0 unspecified atom stereocenters. The van der Waals surface area contributed by atoms with Crippen molar-refractivity contribution in [3.8, 4) is 0 Å². The number of halogens is 1. The van der Waals surface area contributed by atoms with Crippen molar-refractivity contribution in [1.82, 2.24) is 0 Å². The van der Waals surface area contributed by atoms with Gasteiger partial charge >= 0.3 is 0 Å². The quantitative estimate of drug-likeness (QED) is 0.400. The van der Waals surface area contributed by atoms with Crippen LogP contribution in [0.15, 0.2) is 0 Å². The van der Waals surface area contributed by atoms with Gasteiger partial charge in [-0.1, -0.05) is 0 Å². The van der Waals surface area contributed by atoms with Crippen molar-refractivity contribution in [3.63, 3.8) is 0 Å². The van der Waals surface area contributed by atoms with E-state index in [9.17, 15) is 4.79 Å². The monoisotopic (exact) mass is 108 g/mol. The molecule has 0 saturated heterocycles. The van der Waals surface area contributed by atoms with Crippen LogP contribution >= 0.6 is 11.6 Å². The highest BCUT2D eigenvalue weighted by atomic mass is 35.5. The summed E-state index contributed by atoms with van der Waals surface area (Å²) in [6, 6.07) is -0.512. The molecule has 3 heteroatoms. The van der Waals surface area contributed by atoms with Crippen molar-refractivity contribution < 1.29 is 6.21 Å². The first-order valence-electron chi connectivity index (χ1n) is 2.03. The fourth-order valence-corrected chi connectivity index (χ4v) is 0.109. The van der Waals surface area contributed by atoms with Crippen molar-refractivity contribution >= 4 is 17.9 Å². The van der Waals surface area contributed by atoms with E-state index in [2.05, 4.69) is 0 Å². The molecule has 0 heterocycles. The van der Waals surface area contributed by atoms with Gasteiger partial charge in [0.25, 0.3) is 0 Å². The fourth-order valence-electron chi connectivity index (χ4n) is 0.0364. The molecule has 0 rings (SSSR count). The topological polar surface area (TPSA) is 43.1 Å². The predicted octanol–water partition coefficient (Wildman–Crippen LogP) is -0.249. The van der Waals surface area contributed by atoms with E-state index in [-0.39, 0.29) is 5.88 Å². The summed E-state index contributed by atoms with van der Waals surface area (Å²) in [5.41, 5.74) is 1.95. The lowest BCUT2D eigenvalue weighted by Gasteiger charge is -1.88. The summed E-state index contributed by atoms with van der Waals surface area (Å²) in [4.78, 5) is 9.70. The molecule has 6 heavy (non-hydrogen) atoms. The van der Waals surface area contributed by atoms with Crippen LogP contribution in [-0.2, 0) is 4.79 Å². The average molecular weight is 109 g/mol. The van der Waals surface area contributed by atoms with E-state index in [0.29, 0.717) is 6.29 Å². The van der Waals surface area contributed by atoms with Crippen LogP contribution in [0.25, 0.3) is 0 Å². The van der Waals surface area contributed by atoms with Crippen molar-refractivity contribution in [2.45, 2.75) is 6.04 Å². The van der Waals surface area contributed by atoms with Gasteiger partial charge in [-0.25, -0.2) is 0 Å². The van der Waals surface area contributed by atoms with Gasteiger partial charge in [0.2, 0.25) is 0 Å². The fraction of sp³-hybridized carbons (Fsp3) is 0.667. The van der Waals surface area contributed by atoms with Crippen molar-refractivity contribution in [2.24, 2.45) is 5.73 Å². The minimum absolute atomic E-state index is 0.160. The molecule has 2 N–H and O–H groups in total. The first-order valence-corrected chi connectivity index (χ1v) is 2.07. The molecule has 0 aromatic rings. The van der Waals surface area contributed by atoms with Gasteiger partial charge in [-0.2, -0.15) is 0 Å². The number of aldehydes is 1. The number of alkyl halides is 1. The lowest BCUT2D eigenvalue weighted by Crippen LogP contribution is -2.22. The number of rotatable bonds is 3. The standard InChI is InChI=1S/C3H6ClNO/c4-1-3(5)2-6/h2-3H,1,5H2/t3-/m0/s1/i/hD. The largest absolute Gasteiger partial charge is 0.321 e. The smallest absolute Gasteiger partial charge is 0.137 e. The molecule has 1 atom stereocenters. The Morgan fingerprint density at radius 3 is 3.00 bits per heavy atom. The lowest BCUT2D eigenvalue weighted by atomic mass is 10.4.